The molecule has 0 bridgehead atoms. The highest BCUT2D eigenvalue weighted by atomic mass is 32.2. The maximum atomic E-state index is 3.96. The van der Waals surface area contributed by atoms with Gasteiger partial charge in [-0.2, -0.15) is 24.4 Å². The van der Waals surface area contributed by atoms with Gasteiger partial charge in [0.1, 0.15) is 0 Å². The average Bonchev–Trinajstić information content (AvgIpc) is 1.96. The van der Waals surface area contributed by atoms with E-state index >= 15 is 0 Å². The fraction of sp³-hybridized carbons (Fsp3) is 1.00. The standard InChI is InChI=1S/C3H8S2.C3H8.C2H6/c1-2-5-3-4;1-3-2;1-2/h4H,2-3H2,1H3;3H2,1-2H3;1-2H3. The number of thiol groups is 1. The Bertz CT molecular complexity index is 21.2. The fourth-order valence-electron chi connectivity index (χ4n) is 0.0913. The van der Waals surface area contributed by atoms with E-state index < -0.39 is 0 Å². The molecule has 0 saturated carbocycles. The van der Waals surface area contributed by atoms with Gasteiger partial charge in [0.15, 0.2) is 0 Å². The van der Waals surface area contributed by atoms with Crippen molar-refractivity contribution in [1.29, 1.82) is 0 Å². The number of rotatable bonds is 2. The van der Waals surface area contributed by atoms with E-state index in [0.717, 1.165) is 5.08 Å². The Kier molecular flexibility index (Phi) is 56.4. The van der Waals surface area contributed by atoms with Crippen LogP contribution in [0.15, 0.2) is 0 Å². The molecule has 0 aliphatic carbocycles. The van der Waals surface area contributed by atoms with E-state index in [4.69, 9.17) is 0 Å². The first-order valence-electron chi connectivity index (χ1n) is 4.01. The van der Waals surface area contributed by atoms with Gasteiger partial charge in [-0.3, -0.25) is 0 Å². The Morgan fingerprint density at radius 3 is 1.40 bits per heavy atom. The van der Waals surface area contributed by atoms with Crippen molar-refractivity contribution in [3.8, 4) is 0 Å². The molecule has 0 aliphatic heterocycles. The molecule has 0 amide bonds. The van der Waals surface area contributed by atoms with Crippen LogP contribution in [0, 0.1) is 0 Å². The lowest BCUT2D eigenvalue weighted by atomic mass is 10.6. The second-order valence-corrected chi connectivity index (χ2v) is 3.35. The van der Waals surface area contributed by atoms with Crippen LogP contribution in [0.25, 0.3) is 0 Å². The molecule has 0 aromatic heterocycles. The highest BCUT2D eigenvalue weighted by molar-refractivity contribution is 8.09. The molecule has 2 heteroatoms. The SMILES string of the molecule is CC.CCC.CCSCS. The van der Waals surface area contributed by atoms with Crippen molar-refractivity contribution >= 4 is 24.4 Å². The van der Waals surface area contributed by atoms with Crippen LogP contribution in [0.2, 0.25) is 0 Å². The maximum Gasteiger partial charge on any atom is 0.0361 e. The molecule has 0 saturated heterocycles. The Hall–Kier alpha value is 0.700. The van der Waals surface area contributed by atoms with Crippen molar-refractivity contribution in [2.24, 2.45) is 0 Å². The summed E-state index contributed by atoms with van der Waals surface area (Å²) in [4.78, 5) is 0. The first kappa shape index (κ1) is 17.0. The third-order valence-corrected chi connectivity index (χ3v) is 1.43. The monoisotopic (exact) mass is 182 g/mol. The lowest BCUT2D eigenvalue weighted by molar-refractivity contribution is 1.09. The van der Waals surface area contributed by atoms with Crippen LogP contribution in [0.5, 0.6) is 0 Å². The third kappa shape index (κ3) is 70.8. The van der Waals surface area contributed by atoms with E-state index in [1.54, 1.807) is 0 Å². The van der Waals surface area contributed by atoms with Gasteiger partial charge in [0.2, 0.25) is 0 Å². The predicted octanol–water partition coefficient (Wildman–Crippen LogP) is 4.07. The largest absolute Gasteiger partial charge is 0.168 e. The van der Waals surface area contributed by atoms with Crippen molar-refractivity contribution in [1.82, 2.24) is 0 Å². The van der Waals surface area contributed by atoms with Gasteiger partial charge in [0, 0.05) is 5.08 Å². The number of hydrogen-bond acceptors (Lipinski definition) is 2. The van der Waals surface area contributed by atoms with Crippen LogP contribution >= 0.6 is 24.4 Å². The molecular formula is C8H22S2. The van der Waals surface area contributed by atoms with Gasteiger partial charge in [0.25, 0.3) is 0 Å². The first-order chi connectivity index (χ1) is 4.83. The van der Waals surface area contributed by atoms with Crippen LogP contribution in [0.1, 0.15) is 41.0 Å². The van der Waals surface area contributed by atoms with E-state index in [1.165, 1.54) is 12.2 Å². The fourth-order valence-corrected chi connectivity index (χ4v) is 0.822. The van der Waals surface area contributed by atoms with Crippen LogP contribution in [0.3, 0.4) is 0 Å². The number of thioether (sulfide) groups is 1. The molecular weight excluding hydrogens is 160 g/mol. The third-order valence-electron chi connectivity index (χ3n) is 0.295. The van der Waals surface area contributed by atoms with E-state index in [-0.39, 0.29) is 0 Å². The van der Waals surface area contributed by atoms with Crippen LogP contribution in [-0.4, -0.2) is 10.8 Å². The van der Waals surface area contributed by atoms with Crippen molar-refractivity contribution in [3.05, 3.63) is 0 Å². The van der Waals surface area contributed by atoms with E-state index in [9.17, 15) is 0 Å². The molecule has 0 aliphatic rings. The molecule has 0 nitrogen and oxygen atoms in total. The molecule has 0 aromatic rings. The van der Waals surface area contributed by atoms with Crippen molar-refractivity contribution in [2.75, 3.05) is 10.8 Å². The topological polar surface area (TPSA) is 0 Å². The second kappa shape index (κ2) is 33.2. The second-order valence-electron chi connectivity index (χ2n) is 1.33. The first-order valence-corrected chi connectivity index (χ1v) is 5.80. The van der Waals surface area contributed by atoms with Crippen LogP contribution in [0.4, 0.5) is 0 Å². The van der Waals surface area contributed by atoms with Gasteiger partial charge in [-0.05, 0) is 5.75 Å². The summed E-state index contributed by atoms with van der Waals surface area (Å²) < 4.78 is 0. The van der Waals surface area contributed by atoms with Crippen molar-refractivity contribution in [2.45, 2.75) is 41.0 Å². The molecule has 66 valence electrons. The van der Waals surface area contributed by atoms with E-state index in [0.29, 0.717) is 0 Å². The molecule has 0 unspecified atom stereocenters. The molecule has 0 radical (unpaired) electrons. The summed E-state index contributed by atoms with van der Waals surface area (Å²) in [5, 5.41) is 0.955. The summed E-state index contributed by atoms with van der Waals surface area (Å²) in [6.45, 7) is 10.4. The van der Waals surface area contributed by atoms with Crippen LogP contribution < -0.4 is 0 Å². The molecule has 0 spiro atoms. The minimum Gasteiger partial charge on any atom is -0.168 e. The molecule has 0 rings (SSSR count). The summed E-state index contributed by atoms with van der Waals surface area (Å²) in [7, 11) is 0. The van der Waals surface area contributed by atoms with E-state index in [2.05, 4.69) is 33.4 Å². The van der Waals surface area contributed by atoms with Gasteiger partial charge >= 0.3 is 0 Å². The molecule has 0 aromatic carbocycles. The van der Waals surface area contributed by atoms with Crippen LogP contribution in [-0.2, 0) is 0 Å². The minimum absolute atomic E-state index is 0.955. The molecule has 0 atom stereocenters. The lowest BCUT2D eigenvalue weighted by Crippen LogP contribution is -1.60. The highest BCUT2D eigenvalue weighted by Gasteiger charge is 1.67. The lowest BCUT2D eigenvalue weighted by Gasteiger charge is -1.80. The maximum absolute atomic E-state index is 3.96. The Balaban J connectivity index is -0.0000000847. The molecule has 0 fully saturated rings. The molecule has 10 heavy (non-hydrogen) atoms. The summed E-state index contributed by atoms with van der Waals surface area (Å²) >= 11 is 5.79. The van der Waals surface area contributed by atoms with Crippen molar-refractivity contribution < 1.29 is 0 Å². The predicted molar refractivity (Wildman–Crippen MR) is 59.3 cm³/mol. The Morgan fingerprint density at radius 1 is 1.10 bits per heavy atom. The zero-order chi connectivity index (χ0) is 8.83. The smallest absolute Gasteiger partial charge is 0.0361 e. The normalized spacial score (nSPS) is 6.60. The summed E-state index contributed by atoms with van der Waals surface area (Å²) in [6.07, 6.45) is 1.25. The summed E-state index contributed by atoms with van der Waals surface area (Å²) in [6, 6.07) is 0. The zero-order valence-electron chi connectivity index (χ0n) is 7.98. The Morgan fingerprint density at radius 2 is 1.40 bits per heavy atom. The Labute approximate surface area is 76.6 Å². The van der Waals surface area contributed by atoms with Gasteiger partial charge < -0.3 is 0 Å². The van der Waals surface area contributed by atoms with E-state index in [1.807, 2.05) is 25.6 Å². The minimum atomic E-state index is 0.955. The average molecular weight is 182 g/mol. The van der Waals surface area contributed by atoms with Gasteiger partial charge in [-0.1, -0.05) is 41.0 Å². The van der Waals surface area contributed by atoms with Gasteiger partial charge in [-0.15, -0.1) is 0 Å². The van der Waals surface area contributed by atoms with Gasteiger partial charge in [-0.25, -0.2) is 0 Å². The highest BCUT2D eigenvalue weighted by Crippen LogP contribution is 1.97. The summed E-state index contributed by atoms with van der Waals surface area (Å²) in [5.41, 5.74) is 0. The number of hydrogen-bond donors (Lipinski definition) is 1. The molecule has 0 heterocycles. The van der Waals surface area contributed by atoms with Gasteiger partial charge in [0.05, 0.1) is 0 Å². The molecule has 0 N–H and O–H groups in total. The summed E-state index contributed by atoms with van der Waals surface area (Å²) in [5.74, 6) is 1.18. The van der Waals surface area contributed by atoms with Crippen molar-refractivity contribution in [3.63, 3.8) is 0 Å². The zero-order valence-corrected chi connectivity index (χ0v) is 9.69. The quantitative estimate of drug-likeness (QED) is 0.496.